The van der Waals surface area contributed by atoms with Gasteiger partial charge in [-0.05, 0) is 69.4 Å². The Morgan fingerprint density at radius 1 is 0.537 bits per heavy atom. The number of halogens is 2. The summed E-state index contributed by atoms with van der Waals surface area (Å²) < 4.78 is 10.7. The molecule has 0 spiro atoms. The molecule has 4 saturated heterocycles. The van der Waals surface area contributed by atoms with Crippen molar-refractivity contribution in [3.8, 4) is 0 Å². The lowest BCUT2D eigenvalue weighted by Crippen LogP contribution is -2.36. The van der Waals surface area contributed by atoms with Gasteiger partial charge in [0, 0.05) is 86.7 Å². The van der Waals surface area contributed by atoms with Crippen LogP contribution >= 0.6 is 23.2 Å². The van der Waals surface area contributed by atoms with Crippen LogP contribution in [0.3, 0.4) is 0 Å². The highest BCUT2D eigenvalue weighted by atomic mass is 35.5. The lowest BCUT2D eigenvalue weighted by atomic mass is 9.95. The summed E-state index contributed by atoms with van der Waals surface area (Å²) in [5, 5.41) is 33.1. The molecule has 2 amide bonds. The summed E-state index contributed by atoms with van der Waals surface area (Å²) in [4.78, 5) is 51.6. The smallest absolute Gasteiger partial charge is 0.410 e. The Morgan fingerprint density at radius 3 is 1.25 bits per heavy atom. The van der Waals surface area contributed by atoms with Gasteiger partial charge in [-0.25, -0.2) is 9.59 Å². The van der Waals surface area contributed by atoms with E-state index >= 15 is 0 Å². The van der Waals surface area contributed by atoms with Crippen molar-refractivity contribution in [2.45, 2.75) is 121 Å². The van der Waals surface area contributed by atoms with E-state index in [1.165, 1.54) is 21.6 Å². The van der Waals surface area contributed by atoms with Crippen LogP contribution in [0.5, 0.6) is 0 Å². The Bertz CT molecular complexity index is 2530. The number of nitrogens with two attached hydrogens (primary N) is 2. The molecule has 9 rings (SSSR count). The third-order valence-corrected chi connectivity index (χ3v) is 13.3. The van der Waals surface area contributed by atoms with Crippen molar-refractivity contribution in [3.05, 3.63) is 200 Å². The van der Waals surface area contributed by atoms with Crippen LogP contribution in [0.25, 0.3) is 0 Å². The van der Waals surface area contributed by atoms with Crippen LogP contribution in [0, 0.1) is 20.2 Å². The molecule has 4 fully saturated rings. The first-order valence-electron chi connectivity index (χ1n) is 27.1. The second kappa shape index (κ2) is 34.8. The first-order chi connectivity index (χ1) is 38.2. The molecular weight excluding hydrogens is 1060 g/mol. The minimum Gasteiger partial charge on any atom is -0.444 e. The van der Waals surface area contributed by atoms with Crippen LogP contribution in [0.1, 0.15) is 107 Å². The summed E-state index contributed by atoms with van der Waals surface area (Å²) in [5.41, 5.74) is 16.7. The molecule has 0 bridgehead atoms. The van der Waals surface area contributed by atoms with Gasteiger partial charge in [-0.3, -0.25) is 25.1 Å². The van der Waals surface area contributed by atoms with E-state index in [2.05, 4.69) is 58.7 Å². The molecule has 4 aliphatic heterocycles. The minimum atomic E-state index is -0.792. The van der Waals surface area contributed by atoms with Crippen molar-refractivity contribution in [2.75, 3.05) is 64.8 Å². The molecule has 6 N–H and O–H groups in total. The summed E-state index contributed by atoms with van der Waals surface area (Å²) in [5.74, 6) is 0.374. The molecule has 4 aliphatic rings. The van der Waals surface area contributed by atoms with E-state index in [9.17, 15) is 29.8 Å². The van der Waals surface area contributed by atoms with Crippen LogP contribution in [0.15, 0.2) is 152 Å². The quantitative estimate of drug-likeness (QED) is 0.0644. The average Bonchev–Trinajstić information content (AvgIpc) is 4.28. The number of hydrogen-bond acceptors (Lipinski definition) is 13. The molecule has 0 saturated carbocycles. The molecule has 0 aliphatic carbocycles. The van der Waals surface area contributed by atoms with Gasteiger partial charge in [-0.1, -0.05) is 166 Å². The Hall–Kier alpha value is -6.18. The number of carbonyl (C=O) groups is 2. The van der Waals surface area contributed by atoms with Gasteiger partial charge in [-0.2, -0.15) is 0 Å². The van der Waals surface area contributed by atoms with Crippen LogP contribution in [0.2, 0.25) is 0 Å². The third-order valence-electron chi connectivity index (χ3n) is 13.3. The van der Waals surface area contributed by atoms with Gasteiger partial charge < -0.3 is 41.2 Å². The fourth-order valence-electron chi connectivity index (χ4n) is 9.70. The van der Waals surface area contributed by atoms with E-state index in [0.717, 1.165) is 44.4 Å². The van der Waals surface area contributed by atoms with Crippen LogP contribution in [-0.2, 0) is 16.0 Å². The van der Waals surface area contributed by atoms with Crippen LogP contribution in [-0.4, -0.2) is 142 Å². The molecule has 8 atom stereocenters. The summed E-state index contributed by atoms with van der Waals surface area (Å²) in [6.45, 7) is 20.5. The maximum Gasteiger partial charge on any atom is 0.410 e. The van der Waals surface area contributed by atoms with Gasteiger partial charge in [0.25, 0.3) is 0 Å². The monoisotopic (exact) mass is 1140 g/mol. The van der Waals surface area contributed by atoms with Gasteiger partial charge in [0.05, 0.1) is 30.3 Å². The zero-order chi connectivity index (χ0) is 59.4. The van der Waals surface area contributed by atoms with Gasteiger partial charge in [-0.15, -0.1) is 23.2 Å². The molecule has 19 heteroatoms. The second-order valence-electron chi connectivity index (χ2n) is 21.3. The lowest BCUT2D eigenvalue weighted by molar-refractivity contribution is -0.521. The maximum absolute atomic E-state index is 12.1. The number of alkyl halides is 2. The molecule has 0 aromatic heterocycles. The van der Waals surface area contributed by atoms with Crippen molar-refractivity contribution in [2.24, 2.45) is 11.5 Å². The zero-order valence-electron chi connectivity index (χ0n) is 48.0. The highest BCUT2D eigenvalue weighted by molar-refractivity contribution is 6.40. The minimum absolute atomic E-state index is 0.0232. The Balaban J connectivity index is 0.000000273. The Kier molecular flexibility index (Phi) is 29.7. The second-order valence-corrected chi connectivity index (χ2v) is 22.1. The number of hydrogen-bond donors (Lipinski definition) is 4. The number of aliphatic hydroxyl groups excluding tert-OH is 1. The van der Waals surface area contributed by atoms with Gasteiger partial charge >= 0.3 is 12.2 Å². The maximum atomic E-state index is 12.1. The number of carbonyl (C=O) groups excluding carboxylic acids is 2. The van der Waals surface area contributed by atoms with Crippen molar-refractivity contribution in [1.29, 1.82) is 0 Å². The number of ether oxygens (including phenoxy) is 2. The van der Waals surface area contributed by atoms with E-state index in [-0.39, 0.29) is 57.7 Å². The fraction of sp³-hybridized carbons (Fsp3) is 0.475. The SMILES string of the molecule is CC.CC(C)(C)OC(=O)N1C[C@@H](N)[C@H](c2ccccc2)C1.CC(C)(C)OC(=O)N1C[C@@H]([N+](=O)[O-])[C@H](c2ccccc2)C1.CO.ClCCl.N[C@@H]1CNC[C@H]1c1ccccc1.O=[N+]([O-])[C@@H]1CN(Cc2ccccc2)C[C@H]1c1ccccc1. The van der Waals surface area contributed by atoms with Crippen LogP contribution < -0.4 is 16.8 Å². The van der Waals surface area contributed by atoms with Crippen molar-refractivity contribution in [1.82, 2.24) is 20.0 Å². The summed E-state index contributed by atoms with van der Waals surface area (Å²) in [6, 6.07) is 48.8. The first-order valence-corrected chi connectivity index (χ1v) is 28.2. The molecule has 17 nitrogen and oxygen atoms in total. The number of aliphatic hydroxyl groups is 1. The molecule has 80 heavy (non-hydrogen) atoms. The molecular formula is C61H86Cl2N8O9. The van der Waals surface area contributed by atoms with E-state index in [1.54, 1.807) is 25.7 Å². The average molecular weight is 1150 g/mol. The molecule has 5 aromatic carbocycles. The van der Waals surface area contributed by atoms with Gasteiger partial charge in [0.15, 0.2) is 0 Å². The standard InChI is InChI=1S/C17H18N2O2.C15H20N2O4.C15H22N2O2.C10H14N2.C2H6.CH2Cl2.CH4O/c20-19(21)17-13-18(11-14-7-3-1-4-8-14)12-16(17)15-9-5-2-6-10-15;1-15(2,3)21-14(18)16-9-12(13(10-16)17(19)20)11-7-5-4-6-8-11;1-15(2,3)19-14(18)17-9-12(13(16)10-17)11-7-5-4-6-8-11;11-10-7-12-6-9(10)8-4-2-1-3-5-8;1-2;2-1-3;1-2/h1-10,16-17H,11-13H2;4-8,12-13H,9-10H2,1-3H3;4-8,12-13H,9-10,16H2,1-3H3;1-5,9-10,12H,6-7,11H2;1-2H3;1H2;2H,1H3/t16-,17+;2*12-,13+;9-,10+;;;/m0000.../s1. The summed E-state index contributed by atoms with van der Waals surface area (Å²) >= 11 is 9.53. The number of nitrogens with zero attached hydrogens (tertiary/aromatic N) is 5. The normalized spacial score (nSPS) is 22.0. The molecule has 0 unspecified atom stereocenters. The molecule has 5 aromatic rings. The zero-order valence-corrected chi connectivity index (χ0v) is 49.5. The van der Waals surface area contributed by atoms with Crippen molar-refractivity contribution < 1.29 is 34.0 Å². The highest BCUT2D eigenvalue weighted by Crippen LogP contribution is 2.32. The predicted octanol–water partition coefficient (Wildman–Crippen LogP) is 10.7. The largest absolute Gasteiger partial charge is 0.444 e. The predicted molar refractivity (Wildman–Crippen MR) is 321 cm³/mol. The van der Waals surface area contributed by atoms with E-state index in [1.807, 2.05) is 138 Å². The molecule has 4 heterocycles. The number of rotatable bonds is 8. The lowest BCUT2D eigenvalue weighted by Gasteiger charge is -2.24. The summed E-state index contributed by atoms with van der Waals surface area (Å²) in [7, 11) is 1.00. The fourth-order valence-corrected chi connectivity index (χ4v) is 9.70. The highest BCUT2D eigenvalue weighted by Gasteiger charge is 2.45. The van der Waals surface area contributed by atoms with Crippen molar-refractivity contribution in [3.63, 3.8) is 0 Å². The number of benzene rings is 5. The number of amides is 2. The number of likely N-dealkylation sites (tertiary alicyclic amines) is 3. The first kappa shape index (κ1) is 68.1. The Morgan fingerprint density at radius 2 is 0.875 bits per heavy atom. The van der Waals surface area contributed by atoms with Crippen molar-refractivity contribution >= 4 is 35.4 Å². The number of nitrogens with one attached hydrogen (secondary N) is 1. The topological polar surface area (TPSA) is 233 Å². The Labute approximate surface area is 484 Å². The van der Waals surface area contributed by atoms with E-state index in [4.69, 9.17) is 49.2 Å². The van der Waals surface area contributed by atoms with Gasteiger partial charge in [0.1, 0.15) is 11.2 Å². The third kappa shape index (κ3) is 22.8. The molecule has 0 radical (unpaired) electrons. The number of nitro groups is 2. The van der Waals surface area contributed by atoms with Crippen LogP contribution in [0.4, 0.5) is 9.59 Å². The van der Waals surface area contributed by atoms with E-state index < -0.39 is 29.4 Å². The summed E-state index contributed by atoms with van der Waals surface area (Å²) in [6.07, 6.45) is -0.769. The van der Waals surface area contributed by atoms with E-state index in [0.29, 0.717) is 32.1 Å². The van der Waals surface area contributed by atoms with Gasteiger partial charge in [0.2, 0.25) is 12.1 Å². The molecule has 438 valence electrons.